The predicted molar refractivity (Wildman–Crippen MR) is 76.9 cm³/mol. The smallest absolute Gasteiger partial charge is 0.325 e. The molecule has 1 aromatic rings. The molecule has 0 heterocycles. The van der Waals surface area contributed by atoms with Crippen molar-refractivity contribution in [1.82, 2.24) is 5.32 Å². The zero-order valence-corrected chi connectivity index (χ0v) is 11.9. The summed E-state index contributed by atoms with van der Waals surface area (Å²) in [6, 6.07) is 5.41. The summed E-state index contributed by atoms with van der Waals surface area (Å²) in [5.41, 5.74) is 0.975. The molecule has 2 amide bonds. The Morgan fingerprint density at radius 3 is 2.29 bits per heavy atom. The largest absolute Gasteiger partial charge is 0.480 e. The first kappa shape index (κ1) is 15.0. The minimum Gasteiger partial charge on any atom is -0.480 e. The van der Waals surface area contributed by atoms with Gasteiger partial charge < -0.3 is 15.7 Å². The van der Waals surface area contributed by atoms with Crippen LogP contribution in [0.3, 0.4) is 0 Å². The third kappa shape index (κ3) is 3.81. The maximum atomic E-state index is 11.8. The molecular weight excluding hydrogens is 272 g/mol. The molecule has 2 rings (SSSR count). The number of carbonyl (C=O) groups excluding carboxylic acids is 2. The van der Waals surface area contributed by atoms with Gasteiger partial charge in [0.05, 0.1) is 0 Å². The quantitative estimate of drug-likeness (QED) is 0.765. The van der Waals surface area contributed by atoms with Gasteiger partial charge >= 0.3 is 5.97 Å². The highest BCUT2D eigenvalue weighted by atomic mass is 16.4. The van der Waals surface area contributed by atoms with Gasteiger partial charge in [-0.1, -0.05) is 6.92 Å². The van der Waals surface area contributed by atoms with Gasteiger partial charge in [0.1, 0.15) is 6.04 Å². The molecular formula is C15H18N2O4. The number of hydrogen-bond donors (Lipinski definition) is 3. The van der Waals surface area contributed by atoms with Crippen molar-refractivity contribution in [3.8, 4) is 0 Å². The van der Waals surface area contributed by atoms with E-state index in [1.165, 1.54) is 6.92 Å². The minimum absolute atomic E-state index is 0.000740. The number of aliphatic carboxylic acids is 1. The van der Waals surface area contributed by atoms with E-state index in [4.69, 9.17) is 5.11 Å². The van der Waals surface area contributed by atoms with Crippen LogP contribution in [-0.4, -0.2) is 28.9 Å². The molecule has 3 N–H and O–H groups in total. The molecule has 6 heteroatoms. The van der Waals surface area contributed by atoms with Crippen LogP contribution >= 0.6 is 0 Å². The second-order valence-corrected chi connectivity index (χ2v) is 5.42. The third-order valence-electron chi connectivity index (χ3n) is 3.58. The number of nitrogens with one attached hydrogen (secondary N) is 2. The second kappa shape index (κ2) is 5.95. The van der Waals surface area contributed by atoms with Crippen molar-refractivity contribution in [2.75, 3.05) is 5.32 Å². The van der Waals surface area contributed by atoms with E-state index >= 15 is 0 Å². The Kier molecular flexibility index (Phi) is 4.26. The van der Waals surface area contributed by atoms with Gasteiger partial charge in [0.15, 0.2) is 0 Å². The molecule has 3 unspecified atom stereocenters. The summed E-state index contributed by atoms with van der Waals surface area (Å²) in [4.78, 5) is 34.2. The Labute approximate surface area is 122 Å². The van der Waals surface area contributed by atoms with Crippen LogP contribution in [0.1, 0.15) is 30.6 Å². The first-order chi connectivity index (χ1) is 9.88. The highest BCUT2D eigenvalue weighted by Crippen LogP contribution is 2.38. The maximum Gasteiger partial charge on any atom is 0.325 e. The van der Waals surface area contributed by atoms with Gasteiger partial charge in [0.25, 0.3) is 5.91 Å². The van der Waals surface area contributed by atoms with Crippen LogP contribution in [0.2, 0.25) is 0 Å². The van der Waals surface area contributed by atoms with Crippen molar-refractivity contribution in [2.45, 2.75) is 26.3 Å². The van der Waals surface area contributed by atoms with Gasteiger partial charge in [-0.2, -0.15) is 0 Å². The molecule has 3 atom stereocenters. The fraction of sp³-hybridized carbons (Fsp3) is 0.400. The van der Waals surface area contributed by atoms with E-state index in [0.29, 0.717) is 17.2 Å². The molecule has 0 aliphatic heterocycles. The number of carbonyl (C=O) groups is 3. The average molecular weight is 290 g/mol. The predicted octanol–water partition coefficient (Wildman–Crippen LogP) is 1.48. The summed E-state index contributed by atoms with van der Waals surface area (Å²) in [7, 11) is 0. The van der Waals surface area contributed by atoms with Crippen LogP contribution in [0.4, 0.5) is 5.69 Å². The van der Waals surface area contributed by atoms with E-state index in [2.05, 4.69) is 10.6 Å². The number of carboxylic acid groups (broad SMARTS) is 1. The lowest BCUT2D eigenvalue weighted by Crippen LogP contribution is -2.38. The van der Waals surface area contributed by atoms with Gasteiger partial charge in [-0.25, -0.2) is 0 Å². The van der Waals surface area contributed by atoms with Crippen molar-refractivity contribution in [3.05, 3.63) is 29.8 Å². The van der Waals surface area contributed by atoms with Crippen LogP contribution in [0.25, 0.3) is 0 Å². The molecule has 0 bridgehead atoms. The zero-order valence-electron chi connectivity index (χ0n) is 11.9. The molecule has 112 valence electrons. The van der Waals surface area contributed by atoms with Crippen molar-refractivity contribution in [3.63, 3.8) is 0 Å². The molecule has 1 aliphatic carbocycles. The SMILES string of the molecule is CC(NC(=O)c1ccc(NC(=O)C2CC2C)cc1)C(=O)O. The second-order valence-electron chi connectivity index (χ2n) is 5.42. The van der Waals surface area contributed by atoms with Gasteiger partial charge in [-0.15, -0.1) is 0 Å². The van der Waals surface area contributed by atoms with Crippen LogP contribution in [-0.2, 0) is 9.59 Å². The molecule has 0 aromatic heterocycles. The Bertz CT molecular complexity index is 568. The summed E-state index contributed by atoms with van der Waals surface area (Å²) >= 11 is 0. The van der Waals surface area contributed by atoms with Crippen molar-refractivity contribution in [2.24, 2.45) is 11.8 Å². The van der Waals surface area contributed by atoms with E-state index in [9.17, 15) is 14.4 Å². The highest BCUT2D eigenvalue weighted by molar-refractivity contribution is 5.98. The lowest BCUT2D eigenvalue weighted by Gasteiger charge is -2.10. The van der Waals surface area contributed by atoms with E-state index in [1.54, 1.807) is 24.3 Å². The fourth-order valence-corrected chi connectivity index (χ4v) is 1.97. The highest BCUT2D eigenvalue weighted by Gasteiger charge is 2.39. The van der Waals surface area contributed by atoms with Crippen LogP contribution in [0.5, 0.6) is 0 Å². The summed E-state index contributed by atoms with van der Waals surface area (Å²) in [5, 5.41) is 13.9. The van der Waals surface area contributed by atoms with E-state index in [0.717, 1.165) is 6.42 Å². The van der Waals surface area contributed by atoms with Crippen LogP contribution in [0, 0.1) is 11.8 Å². The minimum atomic E-state index is -1.09. The molecule has 6 nitrogen and oxygen atoms in total. The molecule has 1 fully saturated rings. The third-order valence-corrected chi connectivity index (χ3v) is 3.58. The average Bonchev–Trinajstić information content (AvgIpc) is 3.16. The van der Waals surface area contributed by atoms with Gasteiger partial charge in [0.2, 0.25) is 5.91 Å². The standard InChI is InChI=1S/C15H18N2O4/c1-8-7-12(8)14(19)17-11-5-3-10(4-6-11)13(18)16-9(2)15(20)21/h3-6,8-9,12H,7H2,1-2H3,(H,16,18)(H,17,19)(H,20,21). The monoisotopic (exact) mass is 290 g/mol. The molecule has 0 spiro atoms. The first-order valence-corrected chi connectivity index (χ1v) is 6.83. The first-order valence-electron chi connectivity index (χ1n) is 6.83. The van der Waals surface area contributed by atoms with Crippen molar-refractivity contribution >= 4 is 23.5 Å². The lowest BCUT2D eigenvalue weighted by molar-refractivity contribution is -0.138. The topological polar surface area (TPSA) is 95.5 Å². The normalized spacial score (nSPS) is 21.2. The van der Waals surface area contributed by atoms with Crippen LogP contribution < -0.4 is 10.6 Å². The summed E-state index contributed by atoms with van der Waals surface area (Å²) in [5.74, 6) is -1.03. The molecule has 1 aromatic carbocycles. The van der Waals surface area contributed by atoms with Gasteiger partial charge in [-0.3, -0.25) is 14.4 Å². The van der Waals surface area contributed by atoms with E-state index in [-0.39, 0.29) is 11.8 Å². The molecule has 0 radical (unpaired) electrons. The van der Waals surface area contributed by atoms with Crippen LogP contribution in [0.15, 0.2) is 24.3 Å². The van der Waals surface area contributed by atoms with Gasteiger partial charge in [0, 0.05) is 17.2 Å². The number of rotatable bonds is 5. The fourth-order valence-electron chi connectivity index (χ4n) is 1.97. The summed E-state index contributed by atoms with van der Waals surface area (Å²) in [6.07, 6.45) is 0.916. The summed E-state index contributed by atoms with van der Waals surface area (Å²) < 4.78 is 0. The molecule has 1 aliphatic rings. The Morgan fingerprint density at radius 1 is 1.24 bits per heavy atom. The number of anilines is 1. The van der Waals surface area contributed by atoms with Crippen molar-refractivity contribution in [1.29, 1.82) is 0 Å². The number of hydrogen-bond acceptors (Lipinski definition) is 3. The number of benzene rings is 1. The molecule has 0 saturated heterocycles. The Hall–Kier alpha value is -2.37. The summed E-state index contributed by atoms with van der Waals surface area (Å²) in [6.45, 7) is 3.42. The lowest BCUT2D eigenvalue weighted by atomic mass is 10.1. The van der Waals surface area contributed by atoms with E-state index < -0.39 is 17.9 Å². The van der Waals surface area contributed by atoms with Crippen molar-refractivity contribution < 1.29 is 19.5 Å². The number of carboxylic acids is 1. The molecule has 1 saturated carbocycles. The Morgan fingerprint density at radius 2 is 1.81 bits per heavy atom. The Balaban J connectivity index is 1.93. The maximum absolute atomic E-state index is 11.8. The zero-order chi connectivity index (χ0) is 15.6. The number of amides is 2. The van der Waals surface area contributed by atoms with E-state index in [1.807, 2.05) is 6.92 Å². The molecule has 21 heavy (non-hydrogen) atoms. The van der Waals surface area contributed by atoms with Gasteiger partial charge in [-0.05, 0) is 43.5 Å².